The summed E-state index contributed by atoms with van der Waals surface area (Å²) in [7, 11) is -2.26. The van der Waals surface area contributed by atoms with Crippen LogP contribution in [0.5, 0.6) is 11.5 Å². The van der Waals surface area contributed by atoms with Crippen LogP contribution in [0.4, 0.5) is 0 Å². The highest BCUT2D eigenvalue weighted by Gasteiger charge is 2.61. The number of benzene rings is 2. The molecule has 2 aromatic carbocycles. The summed E-state index contributed by atoms with van der Waals surface area (Å²) in [5.41, 5.74) is 7.31. The fraction of sp³-hybridized carbons (Fsp3) is 0.478. The predicted octanol–water partition coefficient (Wildman–Crippen LogP) is 6.38. The fourth-order valence-corrected chi connectivity index (χ4v) is 6.77. The molecular weight excluding hydrogens is 355 g/mol. The van der Waals surface area contributed by atoms with Crippen LogP contribution in [0.15, 0.2) is 24.3 Å². The van der Waals surface area contributed by atoms with Gasteiger partial charge < -0.3 is 0 Å². The predicted molar refractivity (Wildman–Crippen MR) is 107 cm³/mol. The molecule has 0 atom stereocenters. The Morgan fingerprint density at radius 2 is 1.19 bits per heavy atom. The van der Waals surface area contributed by atoms with Gasteiger partial charge >= 0.3 is 8.25 Å². The molecule has 3 aliphatic rings. The molecule has 0 N–H and O–H groups in total. The smallest absolute Gasteiger partial charge is 0.222 e. The molecule has 140 valence electrons. The maximum atomic E-state index is 12.7. The van der Waals surface area contributed by atoms with Gasteiger partial charge in [0.25, 0.3) is 0 Å². The third-order valence-electron chi connectivity index (χ3n) is 6.74. The molecular formula is C23H26O3P+. The Morgan fingerprint density at radius 3 is 1.59 bits per heavy atom. The van der Waals surface area contributed by atoms with Crippen LogP contribution in [0.2, 0.25) is 0 Å². The second-order valence-corrected chi connectivity index (χ2v) is 10.8. The molecule has 3 nitrogen and oxygen atoms in total. The van der Waals surface area contributed by atoms with Gasteiger partial charge in [-0.15, -0.1) is 0 Å². The van der Waals surface area contributed by atoms with Crippen molar-refractivity contribution in [1.82, 2.24) is 0 Å². The first-order valence-corrected chi connectivity index (χ1v) is 10.8. The van der Waals surface area contributed by atoms with Crippen LogP contribution < -0.4 is 9.05 Å². The third kappa shape index (κ3) is 2.15. The van der Waals surface area contributed by atoms with Gasteiger partial charge in [0.15, 0.2) is 11.5 Å². The first-order chi connectivity index (χ1) is 12.5. The van der Waals surface area contributed by atoms with Crippen molar-refractivity contribution >= 4 is 8.25 Å². The molecule has 0 aromatic heterocycles. The molecule has 0 amide bonds. The first kappa shape index (κ1) is 17.3. The van der Waals surface area contributed by atoms with Gasteiger partial charge in [-0.2, -0.15) is 0 Å². The van der Waals surface area contributed by atoms with E-state index in [1.807, 2.05) is 12.1 Å². The topological polar surface area (TPSA) is 35.5 Å². The third-order valence-corrected chi connectivity index (χ3v) is 7.43. The Hall–Kier alpha value is -1.86. The summed E-state index contributed by atoms with van der Waals surface area (Å²) in [6.45, 7) is 13.4. The fourth-order valence-electron chi connectivity index (χ4n) is 6.12. The van der Waals surface area contributed by atoms with E-state index < -0.39 is 8.25 Å². The van der Waals surface area contributed by atoms with E-state index in [1.54, 1.807) is 0 Å². The zero-order valence-electron chi connectivity index (χ0n) is 16.9. The lowest BCUT2D eigenvalue weighted by Gasteiger charge is -2.31. The molecule has 5 rings (SSSR count). The molecule has 0 saturated carbocycles. The van der Waals surface area contributed by atoms with Gasteiger partial charge in [-0.25, -0.2) is 9.05 Å². The highest BCUT2D eigenvalue weighted by atomic mass is 31.1. The zero-order valence-corrected chi connectivity index (χ0v) is 17.8. The van der Waals surface area contributed by atoms with Gasteiger partial charge in [0.2, 0.25) is 0 Å². The van der Waals surface area contributed by atoms with Crippen LogP contribution in [0.3, 0.4) is 0 Å². The zero-order chi connectivity index (χ0) is 19.4. The molecule has 1 aliphatic heterocycles. The summed E-state index contributed by atoms with van der Waals surface area (Å²) in [5.74, 6) is 1.48. The SMILES string of the molecule is Cc1cc2c3c(c1)C(C)(C)CC31CC(C)(C)c3cc(C)cc(c31)O[P+](=O)O2. The Morgan fingerprint density at radius 1 is 0.778 bits per heavy atom. The van der Waals surface area contributed by atoms with E-state index in [9.17, 15) is 4.57 Å². The van der Waals surface area contributed by atoms with E-state index in [0.29, 0.717) is 0 Å². The molecule has 0 unspecified atom stereocenters. The Kier molecular flexibility index (Phi) is 3.16. The maximum absolute atomic E-state index is 12.7. The lowest BCUT2D eigenvalue weighted by Crippen LogP contribution is -2.28. The number of hydrogen-bond donors (Lipinski definition) is 0. The van der Waals surface area contributed by atoms with Crippen molar-refractivity contribution in [3.8, 4) is 11.5 Å². The molecule has 2 aromatic rings. The monoisotopic (exact) mass is 381 g/mol. The van der Waals surface area contributed by atoms with Crippen molar-refractivity contribution in [1.29, 1.82) is 0 Å². The largest absolute Gasteiger partial charge is 0.805 e. The summed E-state index contributed by atoms with van der Waals surface area (Å²) in [6, 6.07) is 8.65. The summed E-state index contributed by atoms with van der Waals surface area (Å²) >= 11 is 0. The van der Waals surface area contributed by atoms with Crippen LogP contribution in [-0.2, 0) is 20.8 Å². The second-order valence-electron chi connectivity index (χ2n) is 9.98. The molecule has 0 fully saturated rings. The summed E-state index contributed by atoms with van der Waals surface area (Å²) in [5, 5.41) is 0. The molecule has 1 heterocycles. The first-order valence-electron chi connectivity index (χ1n) is 9.68. The molecule has 27 heavy (non-hydrogen) atoms. The van der Waals surface area contributed by atoms with Crippen molar-refractivity contribution in [2.45, 2.75) is 70.6 Å². The summed E-state index contributed by atoms with van der Waals surface area (Å²) in [6.07, 6.45) is 2.03. The molecule has 4 heteroatoms. The van der Waals surface area contributed by atoms with Crippen molar-refractivity contribution < 1.29 is 13.6 Å². The summed E-state index contributed by atoms with van der Waals surface area (Å²) < 4.78 is 24.5. The van der Waals surface area contributed by atoms with Crippen molar-refractivity contribution in [2.24, 2.45) is 0 Å². The highest BCUT2D eigenvalue weighted by molar-refractivity contribution is 7.34. The molecule has 1 spiro atoms. The van der Waals surface area contributed by atoms with Crippen LogP contribution in [-0.4, -0.2) is 0 Å². The van der Waals surface area contributed by atoms with Gasteiger partial charge in [0.05, 0.1) is 0 Å². The van der Waals surface area contributed by atoms with Crippen LogP contribution >= 0.6 is 8.25 Å². The quantitative estimate of drug-likeness (QED) is 0.497. The van der Waals surface area contributed by atoms with Crippen molar-refractivity contribution in [3.63, 3.8) is 0 Å². The van der Waals surface area contributed by atoms with Crippen molar-refractivity contribution in [3.05, 3.63) is 57.6 Å². The van der Waals surface area contributed by atoms with Crippen LogP contribution in [0.25, 0.3) is 0 Å². The highest BCUT2D eigenvalue weighted by Crippen LogP contribution is 2.68. The minimum absolute atomic E-state index is 0.0231. The Bertz CT molecular complexity index is 951. The normalized spacial score (nSPS) is 22.2. The van der Waals surface area contributed by atoms with E-state index >= 15 is 0 Å². The number of hydrogen-bond acceptors (Lipinski definition) is 3. The minimum Gasteiger partial charge on any atom is -0.222 e. The lowest BCUT2D eigenvalue weighted by molar-refractivity contribution is 0.333. The van der Waals surface area contributed by atoms with Crippen LogP contribution in [0.1, 0.15) is 73.9 Å². The average molecular weight is 381 g/mol. The van der Waals surface area contributed by atoms with Gasteiger partial charge in [-0.05, 0) is 71.9 Å². The average Bonchev–Trinajstić information content (AvgIpc) is 2.85. The molecule has 0 radical (unpaired) electrons. The number of rotatable bonds is 0. The van der Waals surface area contributed by atoms with Gasteiger partial charge in [0.1, 0.15) is 0 Å². The van der Waals surface area contributed by atoms with Gasteiger partial charge in [0, 0.05) is 21.1 Å². The standard InChI is InChI=1S/C23H26O3P/c1-13-7-15-19-17(9-13)25-27(24)26-18-10-14(2)8-16-20(18)23(19,11-21(15,3)4)12-22(16,5)6/h7-10H,11-12H2,1-6H3/q+1. The van der Waals surface area contributed by atoms with E-state index in [-0.39, 0.29) is 16.2 Å². The minimum atomic E-state index is -2.26. The van der Waals surface area contributed by atoms with E-state index in [0.717, 1.165) is 35.5 Å². The molecule has 2 aliphatic carbocycles. The van der Waals surface area contributed by atoms with Crippen molar-refractivity contribution in [2.75, 3.05) is 0 Å². The Labute approximate surface area is 162 Å². The molecule has 0 saturated heterocycles. The maximum Gasteiger partial charge on any atom is 0.805 e. The van der Waals surface area contributed by atoms with E-state index in [4.69, 9.17) is 9.05 Å². The van der Waals surface area contributed by atoms with Crippen LogP contribution in [0, 0.1) is 13.8 Å². The summed E-state index contributed by atoms with van der Waals surface area (Å²) in [4.78, 5) is 0. The van der Waals surface area contributed by atoms with E-state index in [1.165, 1.54) is 22.3 Å². The van der Waals surface area contributed by atoms with E-state index in [2.05, 4.69) is 53.7 Å². The second kappa shape index (κ2) is 4.94. The lowest BCUT2D eigenvalue weighted by atomic mass is 9.72. The number of aryl methyl sites for hydroxylation is 2. The molecule has 0 bridgehead atoms. The van der Waals surface area contributed by atoms with Gasteiger partial charge in [-0.1, -0.05) is 39.8 Å². The van der Waals surface area contributed by atoms with Gasteiger partial charge in [-0.3, -0.25) is 0 Å². The Balaban J connectivity index is 1.96.